The summed E-state index contributed by atoms with van der Waals surface area (Å²) in [6, 6.07) is 1.40. The molecule has 2 aliphatic heterocycles. The molecule has 4 N–H and O–H groups in total. The largest absolute Gasteiger partial charge is 0.545 e. The minimum absolute atomic E-state index is 0.0422. The van der Waals surface area contributed by atoms with Gasteiger partial charge >= 0.3 is 5.97 Å². The van der Waals surface area contributed by atoms with Crippen LogP contribution in [0.1, 0.15) is 15.9 Å². The van der Waals surface area contributed by atoms with Crippen molar-refractivity contribution in [2.45, 2.75) is 37.0 Å². The lowest BCUT2D eigenvalue weighted by molar-refractivity contribution is -0.671. The number of aliphatic hydroxyl groups is 4. The van der Waals surface area contributed by atoms with E-state index in [9.17, 15) is 35.1 Å². The number of aromatic nitrogens is 1. The zero-order valence-electron chi connectivity index (χ0n) is 19.7. The lowest BCUT2D eigenvalue weighted by atomic mass is 9.83. The third kappa shape index (κ3) is 5.81. The first-order valence-electron chi connectivity index (χ1n) is 11.0. The number of ether oxygens (including phenoxy) is 4. The van der Waals surface area contributed by atoms with Gasteiger partial charge in [0.1, 0.15) is 31.5 Å². The molecular formula is C24H29NO11. The van der Waals surface area contributed by atoms with Gasteiger partial charge in [-0.3, -0.25) is 0 Å². The SMILES string of the molecule is C=CC1C(OC2OC(CO)C(O)C(O)C2O)OC=C(C(=O)OC)C1C=Cc1cc(C(=O)[O-])c[n+](C)c1. The van der Waals surface area contributed by atoms with Crippen molar-refractivity contribution in [3.63, 3.8) is 0 Å². The molecule has 0 aromatic carbocycles. The molecular weight excluding hydrogens is 478 g/mol. The maximum absolute atomic E-state index is 12.4. The maximum Gasteiger partial charge on any atom is 0.337 e. The number of carboxylic acids is 1. The zero-order chi connectivity index (χ0) is 26.6. The fourth-order valence-corrected chi connectivity index (χ4v) is 4.08. The molecule has 8 unspecified atom stereocenters. The normalized spacial score (nSPS) is 32.4. The number of carboxylic acid groups (broad SMARTS) is 1. The molecule has 0 aliphatic carbocycles. The second kappa shape index (κ2) is 11.7. The van der Waals surface area contributed by atoms with Crippen LogP contribution in [-0.2, 0) is 30.8 Å². The van der Waals surface area contributed by atoms with E-state index in [1.165, 1.54) is 25.4 Å². The van der Waals surface area contributed by atoms with Crippen molar-refractivity contribution < 1.29 is 58.6 Å². The molecule has 1 fully saturated rings. The van der Waals surface area contributed by atoms with Gasteiger partial charge in [0.05, 0.1) is 43.0 Å². The van der Waals surface area contributed by atoms with Gasteiger partial charge in [0, 0.05) is 11.5 Å². The number of allylic oxidation sites excluding steroid dienone is 1. The number of nitrogens with zero attached hydrogens (tertiary/aromatic N) is 1. The van der Waals surface area contributed by atoms with E-state index in [1.54, 1.807) is 30.0 Å². The molecule has 2 aliphatic rings. The number of esters is 1. The predicted molar refractivity (Wildman–Crippen MR) is 118 cm³/mol. The van der Waals surface area contributed by atoms with E-state index in [-0.39, 0.29) is 11.1 Å². The highest BCUT2D eigenvalue weighted by molar-refractivity contribution is 5.89. The number of aliphatic hydroxyl groups excluding tert-OH is 4. The first kappa shape index (κ1) is 27.5. The molecule has 36 heavy (non-hydrogen) atoms. The molecule has 8 atom stereocenters. The van der Waals surface area contributed by atoms with E-state index in [0.29, 0.717) is 5.56 Å². The number of aryl methyl sites for hydroxylation is 1. The van der Waals surface area contributed by atoms with E-state index in [4.69, 9.17) is 18.9 Å². The molecule has 196 valence electrons. The summed E-state index contributed by atoms with van der Waals surface area (Å²) >= 11 is 0. The van der Waals surface area contributed by atoms with E-state index in [0.717, 1.165) is 6.26 Å². The second-order valence-corrected chi connectivity index (χ2v) is 8.41. The van der Waals surface area contributed by atoms with Crippen LogP contribution >= 0.6 is 0 Å². The Hall–Kier alpha value is -3.13. The topological polar surface area (TPSA) is 179 Å². The first-order valence-corrected chi connectivity index (χ1v) is 11.0. The Bertz CT molecular complexity index is 1040. The molecule has 3 rings (SSSR count). The molecule has 1 aromatic heterocycles. The van der Waals surface area contributed by atoms with Crippen molar-refractivity contribution in [2.75, 3.05) is 13.7 Å². The van der Waals surface area contributed by atoms with Gasteiger partial charge in [-0.25, -0.2) is 9.36 Å². The van der Waals surface area contributed by atoms with Crippen LogP contribution in [0.4, 0.5) is 0 Å². The van der Waals surface area contributed by atoms with Crippen LogP contribution in [0.5, 0.6) is 0 Å². The van der Waals surface area contributed by atoms with Gasteiger partial charge < -0.3 is 49.3 Å². The van der Waals surface area contributed by atoms with Crippen molar-refractivity contribution in [2.24, 2.45) is 18.9 Å². The van der Waals surface area contributed by atoms with E-state index < -0.39 is 67.4 Å². The van der Waals surface area contributed by atoms with E-state index >= 15 is 0 Å². The third-order valence-corrected chi connectivity index (χ3v) is 5.98. The third-order valence-electron chi connectivity index (χ3n) is 5.98. The summed E-state index contributed by atoms with van der Waals surface area (Å²) in [6.45, 7) is 3.15. The highest BCUT2D eigenvalue weighted by atomic mass is 16.8. The van der Waals surface area contributed by atoms with Crippen molar-refractivity contribution in [3.8, 4) is 0 Å². The van der Waals surface area contributed by atoms with Crippen LogP contribution in [0, 0.1) is 11.8 Å². The van der Waals surface area contributed by atoms with Crippen molar-refractivity contribution >= 4 is 18.0 Å². The Morgan fingerprint density at radius 3 is 2.53 bits per heavy atom. The highest BCUT2D eigenvalue weighted by Crippen LogP contribution is 2.36. The summed E-state index contributed by atoms with van der Waals surface area (Å²) < 4.78 is 23.1. The number of hydrogen-bond acceptors (Lipinski definition) is 11. The van der Waals surface area contributed by atoms with Gasteiger partial charge in [-0.05, 0) is 6.07 Å². The van der Waals surface area contributed by atoms with Gasteiger partial charge in [0.25, 0.3) is 0 Å². The predicted octanol–water partition coefficient (Wildman–Crippen LogP) is -2.46. The van der Waals surface area contributed by atoms with Crippen LogP contribution in [0.2, 0.25) is 0 Å². The van der Waals surface area contributed by atoms with Crippen molar-refractivity contribution in [1.82, 2.24) is 0 Å². The Morgan fingerprint density at radius 1 is 1.19 bits per heavy atom. The van der Waals surface area contributed by atoms with Crippen LogP contribution in [0.15, 0.2) is 49.0 Å². The van der Waals surface area contributed by atoms with Gasteiger partial charge in [-0.15, -0.1) is 6.58 Å². The molecule has 0 radical (unpaired) electrons. The van der Waals surface area contributed by atoms with Crippen LogP contribution in [-0.4, -0.2) is 83.1 Å². The molecule has 0 amide bonds. The second-order valence-electron chi connectivity index (χ2n) is 8.41. The van der Waals surface area contributed by atoms with E-state index in [1.807, 2.05) is 0 Å². The van der Waals surface area contributed by atoms with Gasteiger partial charge in [-0.1, -0.05) is 18.2 Å². The Labute approximate surface area is 206 Å². The standard InChI is InChI=1S/C24H29NO11/c1-4-14-15(6-5-12-7-13(21(30)31)9-25(2)8-12)16(22(32)33-3)11-34-23(14)36-24-20(29)19(28)18(27)17(10-26)35-24/h4-9,11,14-15,17-20,23-24,26-29H,1,10H2,2-3H3. The number of methoxy groups -OCH3 is 1. The highest BCUT2D eigenvalue weighted by Gasteiger charge is 2.47. The van der Waals surface area contributed by atoms with E-state index in [2.05, 4.69) is 6.58 Å². The monoisotopic (exact) mass is 507 g/mol. The molecule has 0 bridgehead atoms. The van der Waals surface area contributed by atoms with Gasteiger partial charge in [0.2, 0.25) is 6.29 Å². The van der Waals surface area contributed by atoms with Gasteiger partial charge in [-0.2, -0.15) is 0 Å². The number of aromatic carboxylic acids is 1. The smallest absolute Gasteiger partial charge is 0.337 e. The molecule has 0 saturated carbocycles. The van der Waals surface area contributed by atoms with Crippen molar-refractivity contribution in [1.29, 1.82) is 0 Å². The average molecular weight is 507 g/mol. The summed E-state index contributed by atoms with van der Waals surface area (Å²) in [5.41, 5.74) is 0.580. The number of carbonyl (C=O) groups is 2. The summed E-state index contributed by atoms with van der Waals surface area (Å²) in [5.74, 6) is -3.50. The Morgan fingerprint density at radius 2 is 1.92 bits per heavy atom. The maximum atomic E-state index is 12.4. The van der Waals surface area contributed by atoms with Crippen molar-refractivity contribution in [3.05, 3.63) is 60.2 Å². The average Bonchev–Trinajstić information content (AvgIpc) is 2.86. The summed E-state index contributed by atoms with van der Waals surface area (Å²) in [4.78, 5) is 23.7. The quantitative estimate of drug-likeness (QED) is 0.167. The fraction of sp³-hybridized carbons (Fsp3) is 0.458. The molecule has 1 aromatic rings. The Balaban J connectivity index is 1.91. The van der Waals surface area contributed by atoms with Crippen LogP contribution in [0.3, 0.4) is 0 Å². The summed E-state index contributed by atoms with van der Waals surface area (Å²) in [6.07, 6.45) is 0.138. The van der Waals surface area contributed by atoms with Crippen LogP contribution in [0.25, 0.3) is 6.08 Å². The molecule has 12 nitrogen and oxygen atoms in total. The number of carbonyl (C=O) groups excluding carboxylic acids is 2. The van der Waals surface area contributed by atoms with Gasteiger partial charge in [0.15, 0.2) is 18.7 Å². The molecule has 1 saturated heterocycles. The number of pyridine rings is 1. The molecule has 3 heterocycles. The minimum atomic E-state index is -1.66. The lowest BCUT2D eigenvalue weighted by Gasteiger charge is -2.42. The number of rotatable bonds is 8. The number of hydrogen-bond donors (Lipinski definition) is 4. The Kier molecular flexibility index (Phi) is 8.95. The summed E-state index contributed by atoms with van der Waals surface area (Å²) in [5, 5.41) is 51.1. The molecule has 0 spiro atoms. The molecule has 12 heteroatoms. The fourth-order valence-electron chi connectivity index (χ4n) is 4.08. The van der Waals surface area contributed by atoms with Crippen LogP contribution < -0.4 is 9.67 Å². The first-order chi connectivity index (χ1) is 17.1. The zero-order valence-corrected chi connectivity index (χ0v) is 19.7. The summed E-state index contributed by atoms with van der Waals surface area (Å²) in [7, 11) is 2.85. The minimum Gasteiger partial charge on any atom is -0.545 e. The lowest BCUT2D eigenvalue weighted by Crippen LogP contribution is -2.60.